The van der Waals surface area contributed by atoms with E-state index in [0.717, 1.165) is 56.8 Å². The van der Waals surface area contributed by atoms with E-state index in [2.05, 4.69) is 19.7 Å². The zero-order valence-corrected chi connectivity index (χ0v) is 13.6. The van der Waals surface area contributed by atoms with Crippen molar-refractivity contribution in [1.82, 2.24) is 14.8 Å². The molecule has 0 radical (unpaired) electrons. The molecule has 7 heteroatoms. The molecule has 1 aromatic heterocycles. The van der Waals surface area contributed by atoms with Crippen LogP contribution in [0.5, 0.6) is 0 Å². The van der Waals surface area contributed by atoms with Crippen molar-refractivity contribution in [2.24, 2.45) is 0 Å². The molecule has 0 amide bonds. The van der Waals surface area contributed by atoms with E-state index in [4.69, 9.17) is 0 Å². The fourth-order valence-corrected chi connectivity index (χ4v) is 3.94. The van der Waals surface area contributed by atoms with Gasteiger partial charge in [-0.05, 0) is 31.7 Å². The predicted octanol–water partition coefficient (Wildman–Crippen LogP) is 3.25. The quantitative estimate of drug-likeness (QED) is 0.639. The average Bonchev–Trinajstić information content (AvgIpc) is 3.15. The lowest BCUT2D eigenvalue weighted by molar-refractivity contribution is -0.384. The first kappa shape index (κ1) is 15.1. The number of nitro benzene ring substituents is 1. The molecule has 126 valence electrons. The molecular formula is C17H21N5O2. The van der Waals surface area contributed by atoms with Crippen LogP contribution in [0.1, 0.15) is 49.8 Å². The van der Waals surface area contributed by atoms with Crippen LogP contribution in [-0.2, 0) is 13.0 Å². The fourth-order valence-electron chi connectivity index (χ4n) is 3.94. The van der Waals surface area contributed by atoms with Crippen LogP contribution >= 0.6 is 0 Å². The summed E-state index contributed by atoms with van der Waals surface area (Å²) in [7, 11) is 0. The Morgan fingerprint density at radius 3 is 2.83 bits per heavy atom. The van der Waals surface area contributed by atoms with E-state index in [1.54, 1.807) is 12.1 Å². The second-order valence-electron chi connectivity index (χ2n) is 6.53. The first-order valence-electron chi connectivity index (χ1n) is 8.68. The molecule has 1 fully saturated rings. The van der Waals surface area contributed by atoms with Gasteiger partial charge in [0.25, 0.3) is 5.69 Å². The number of rotatable bonds is 3. The maximum Gasteiger partial charge on any atom is 0.292 e. The van der Waals surface area contributed by atoms with Crippen LogP contribution in [0.2, 0.25) is 0 Å². The Labute approximate surface area is 140 Å². The van der Waals surface area contributed by atoms with Crippen molar-refractivity contribution in [2.75, 3.05) is 11.4 Å². The summed E-state index contributed by atoms with van der Waals surface area (Å²) in [6, 6.07) is 7.08. The topological polar surface area (TPSA) is 77.1 Å². The van der Waals surface area contributed by atoms with Crippen molar-refractivity contribution in [3.63, 3.8) is 0 Å². The van der Waals surface area contributed by atoms with Gasteiger partial charge in [-0.2, -0.15) is 0 Å². The second-order valence-corrected chi connectivity index (χ2v) is 6.53. The molecule has 0 spiro atoms. The molecular weight excluding hydrogens is 306 g/mol. The fraction of sp³-hybridized carbons (Fsp3) is 0.529. The van der Waals surface area contributed by atoms with Gasteiger partial charge in [-0.15, -0.1) is 10.2 Å². The predicted molar refractivity (Wildman–Crippen MR) is 90.0 cm³/mol. The third-order valence-corrected chi connectivity index (χ3v) is 5.08. The highest BCUT2D eigenvalue weighted by Crippen LogP contribution is 2.40. The molecule has 1 saturated heterocycles. The summed E-state index contributed by atoms with van der Waals surface area (Å²) in [5.41, 5.74) is 0.857. The Hall–Kier alpha value is -2.44. The Morgan fingerprint density at radius 1 is 1.08 bits per heavy atom. The van der Waals surface area contributed by atoms with Gasteiger partial charge in [0.2, 0.25) is 0 Å². The largest absolute Gasteiger partial charge is 0.356 e. The minimum absolute atomic E-state index is 0.0745. The van der Waals surface area contributed by atoms with E-state index in [9.17, 15) is 10.1 Å². The van der Waals surface area contributed by atoms with E-state index >= 15 is 0 Å². The molecule has 0 N–H and O–H groups in total. The highest BCUT2D eigenvalue weighted by Gasteiger charge is 2.34. The molecule has 0 aliphatic carbocycles. The maximum atomic E-state index is 11.4. The summed E-state index contributed by atoms with van der Waals surface area (Å²) in [6.45, 7) is 1.77. The second kappa shape index (κ2) is 6.22. The van der Waals surface area contributed by atoms with Gasteiger partial charge in [0, 0.05) is 25.6 Å². The van der Waals surface area contributed by atoms with Crippen molar-refractivity contribution >= 4 is 11.4 Å². The standard InChI is InChI=1S/C17H21N5O2/c23-22(24)14-8-4-3-7-13(14)20-12-6-9-15(20)17-19-18-16-10-2-1-5-11-21(16)17/h3-4,7-8,15H,1-2,5-6,9-12H2/t15-/m0/s1. The van der Waals surface area contributed by atoms with Gasteiger partial charge in [0.05, 0.1) is 11.0 Å². The zero-order chi connectivity index (χ0) is 16.5. The zero-order valence-electron chi connectivity index (χ0n) is 13.6. The monoisotopic (exact) mass is 327 g/mol. The van der Waals surface area contributed by atoms with Crippen molar-refractivity contribution in [3.05, 3.63) is 46.0 Å². The number of benzene rings is 1. The molecule has 3 heterocycles. The van der Waals surface area contributed by atoms with E-state index in [1.165, 1.54) is 6.42 Å². The van der Waals surface area contributed by atoms with E-state index < -0.39 is 0 Å². The number of hydrogen-bond donors (Lipinski definition) is 0. The molecule has 0 unspecified atom stereocenters. The Bertz CT molecular complexity index is 757. The van der Waals surface area contributed by atoms with Crippen LogP contribution in [0.3, 0.4) is 0 Å². The molecule has 1 atom stereocenters. The number of anilines is 1. The number of aromatic nitrogens is 3. The van der Waals surface area contributed by atoms with Crippen LogP contribution in [-0.4, -0.2) is 26.2 Å². The lowest BCUT2D eigenvalue weighted by Gasteiger charge is -2.26. The van der Waals surface area contributed by atoms with Crippen LogP contribution in [0.15, 0.2) is 24.3 Å². The Balaban J connectivity index is 1.72. The number of nitrogens with zero attached hydrogens (tertiary/aromatic N) is 5. The summed E-state index contributed by atoms with van der Waals surface area (Å²) >= 11 is 0. The molecule has 2 aliphatic heterocycles. The third-order valence-electron chi connectivity index (χ3n) is 5.08. The van der Waals surface area contributed by atoms with E-state index in [-0.39, 0.29) is 16.7 Å². The first-order chi connectivity index (χ1) is 11.8. The van der Waals surface area contributed by atoms with Gasteiger partial charge in [0.1, 0.15) is 11.5 Å². The highest BCUT2D eigenvalue weighted by atomic mass is 16.6. The van der Waals surface area contributed by atoms with Crippen LogP contribution in [0, 0.1) is 10.1 Å². The minimum atomic E-state index is -0.297. The van der Waals surface area contributed by atoms with Gasteiger partial charge in [-0.3, -0.25) is 10.1 Å². The molecule has 0 saturated carbocycles. The third kappa shape index (κ3) is 2.53. The summed E-state index contributed by atoms with van der Waals surface area (Å²) in [5, 5.41) is 20.3. The van der Waals surface area contributed by atoms with Gasteiger partial charge in [-0.1, -0.05) is 18.6 Å². The molecule has 0 bridgehead atoms. The number of nitro groups is 1. The Kier molecular flexibility index (Phi) is 3.92. The molecule has 7 nitrogen and oxygen atoms in total. The Morgan fingerprint density at radius 2 is 1.96 bits per heavy atom. The molecule has 2 aromatic rings. The van der Waals surface area contributed by atoms with Crippen LogP contribution < -0.4 is 4.90 Å². The molecule has 4 rings (SSSR count). The van der Waals surface area contributed by atoms with Gasteiger partial charge in [-0.25, -0.2) is 0 Å². The van der Waals surface area contributed by atoms with Crippen LogP contribution in [0.4, 0.5) is 11.4 Å². The van der Waals surface area contributed by atoms with E-state index in [1.807, 2.05) is 12.1 Å². The lowest BCUT2D eigenvalue weighted by Crippen LogP contribution is -2.26. The van der Waals surface area contributed by atoms with Crippen molar-refractivity contribution in [3.8, 4) is 0 Å². The van der Waals surface area contributed by atoms with Gasteiger partial charge >= 0.3 is 0 Å². The summed E-state index contributed by atoms with van der Waals surface area (Å²) in [5.74, 6) is 2.04. The van der Waals surface area contributed by atoms with Crippen molar-refractivity contribution in [2.45, 2.75) is 51.1 Å². The van der Waals surface area contributed by atoms with Crippen molar-refractivity contribution < 1.29 is 4.92 Å². The molecule has 24 heavy (non-hydrogen) atoms. The van der Waals surface area contributed by atoms with E-state index in [0.29, 0.717) is 5.69 Å². The molecule has 1 aromatic carbocycles. The smallest absolute Gasteiger partial charge is 0.292 e. The maximum absolute atomic E-state index is 11.4. The first-order valence-corrected chi connectivity index (χ1v) is 8.68. The summed E-state index contributed by atoms with van der Waals surface area (Å²) in [6.07, 6.45) is 6.49. The average molecular weight is 327 g/mol. The van der Waals surface area contributed by atoms with Crippen molar-refractivity contribution in [1.29, 1.82) is 0 Å². The number of fused-ring (bicyclic) bond motifs is 1. The summed E-state index contributed by atoms with van der Waals surface area (Å²) in [4.78, 5) is 13.2. The minimum Gasteiger partial charge on any atom is -0.356 e. The number of para-hydroxylation sites is 2. The van der Waals surface area contributed by atoms with Crippen LogP contribution in [0.25, 0.3) is 0 Å². The highest BCUT2D eigenvalue weighted by molar-refractivity contribution is 5.64. The number of aryl methyl sites for hydroxylation is 1. The van der Waals surface area contributed by atoms with Gasteiger partial charge < -0.3 is 9.47 Å². The normalized spacial score (nSPS) is 20.7. The number of hydrogen-bond acceptors (Lipinski definition) is 5. The summed E-state index contributed by atoms with van der Waals surface area (Å²) < 4.78 is 2.25. The lowest BCUT2D eigenvalue weighted by atomic mass is 10.1. The SMILES string of the molecule is O=[N+]([O-])c1ccccc1N1CCC[C@H]1c1nnc2n1CCCCC2. The van der Waals surface area contributed by atoms with Gasteiger partial charge in [0.15, 0.2) is 5.82 Å². The molecule has 2 aliphatic rings.